The standard InChI is InChI=1S/C22H33NOSi/c1-22(2,3)25(4,5)24-17-21-15-19-13-14-23(21)16-20(19)12-11-18-9-7-6-8-10-18/h6-10,19-21H,13-17H2,1-5H3/t19-,20-,21-/m0/s1. The van der Waals surface area contributed by atoms with Crippen molar-refractivity contribution in [2.45, 2.75) is 57.8 Å². The molecule has 4 atom stereocenters. The lowest BCUT2D eigenvalue weighted by Gasteiger charge is -2.49. The quantitative estimate of drug-likeness (QED) is 0.572. The van der Waals surface area contributed by atoms with Crippen LogP contribution in [0.4, 0.5) is 0 Å². The van der Waals surface area contributed by atoms with Gasteiger partial charge in [-0.2, -0.15) is 0 Å². The van der Waals surface area contributed by atoms with Crippen molar-refractivity contribution in [3.05, 3.63) is 35.9 Å². The molecular weight excluding hydrogens is 322 g/mol. The fourth-order valence-electron chi connectivity index (χ4n) is 3.69. The number of hydrogen-bond donors (Lipinski definition) is 0. The Bertz CT molecular complexity index is 637. The van der Waals surface area contributed by atoms with Gasteiger partial charge in [-0.05, 0) is 55.6 Å². The van der Waals surface area contributed by atoms with Gasteiger partial charge in [-0.25, -0.2) is 0 Å². The minimum atomic E-state index is -1.65. The van der Waals surface area contributed by atoms with E-state index in [1.165, 1.54) is 19.4 Å². The maximum Gasteiger partial charge on any atom is 0.192 e. The van der Waals surface area contributed by atoms with Crippen molar-refractivity contribution in [1.29, 1.82) is 0 Å². The summed E-state index contributed by atoms with van der Waals surface area (Å²) in [5.41, 5.74) is 1.14. The fourth-order valence-corrected chi connectivity index (χ4v) is 4.74. The molecule has 3 fully saturated rings. The van der Waals surface area contributed by atoms with Crippen LogP contribution in [0.2, 0.25) is 18.1 Å². The van der Waals surface area contributed by atoms with E-state index in [4.69, 9.17) is 4.43 Å². The van der Waals surface area contributed by atoms with Gasteiger partial charge < -0.3 is 4.43 Å². The van der Waals surface area contributed by atoms with E-state index in [-0.39, 0.29) is 0 Å². The Balaban J connectivity index is 1.59. The molecule has 1 aromatic rings. The van der Waals surface area contributed by atoms with Crippen molar-refractivity contribution in [3.8, 4) is 11.8 Å². The molecule has 0 amide bonds. The number of benzene rings is 1. The summed E-state index contributed by atoms with van der Waals surface area (Å²) in [6.07, 6.45) is 2.55. The Morgan fingerprint density at radius 3 is 2.52 bits per heavy atom. The molecule has 3 heteroatoms. The first-order chi connectivity index (χ1) is 11.8. The van der Waals surface area contributed by atoms with Crippen LogP contribution >= 0.6 is 0 Å². The molecule has 0 N–H and O–H groups in total. The highest BCUT2D eigenvalue weighted by Gasteiger charge is 2.42. The Labute approximate surface area is 155 Å². The summed E-state index contributed by atoms with van der Waals surface area (Å²) in [6.45, 7) is 14.9. The lowest BCUT2D eigenvalue weighted by Crippen LogP contribution is -2.56. The molecule has 25 heavy (non-hydrogen) atoms. The largest absolute Gasteiger partial charge is 0.415 e. The molecule has 2 bridgehead atoms. The molecule has 3 aliphatic heterocycles. The average Bonchev–Trinajstić information content (AvgIpc) is 2.59. The second kappa shape index (κ2) is 7.27. The van der Waals surface area contributed by atoms with Crippen LogP contribution in [0.1, 0.15) is 39.2 Å². The van der Waals surface area contributed by atoms with Gasteiger partial charge in [0, 0.05) is 30.7 Å². The normalized spacial score (nSPS) is 29.2. The maximum atomic E-state index is 6.51. The molecule has 0 aromatic heterocycles. The number of hydrogen-bond acceptors (Lipinski definition) is 2. The Kier molecular flexibility index (Phi) is 5.44. The summed E-state index contributed by atoms with van der Waals surface area (Å²) in [4.78, 5) is 2.64. The van der Waals surface area contributed by atoms with Gasteiger partial charge >= 0.3 is 0 Å². The summed E-state index contributed by atoms with van der Waals surface area (Å²) in [5, 5.41) is 0.291. The van der Waals surface area contributed by atoms with Gasteiger partial charge in [0.1, 0.15) is 0 Å². The van der Waals surface area contributed by atoms with Crippen LogP contribution in [0.15, 0.2) is 30.3 Å². The maximum absolute atomic E-state index is 6.51. The van der Waals surface area contributed by atoms with Crippen molar-refractivity contribution in [1.82, 2.24) is 4.90 Å². The van der Waals surface area contributed by atoms with Gasteiger partial charge in [0.15, 0.2) is 8.32 Å². The molecule has 1 unspecified atom stereocenters. The van der Waals surface area contributed by atoms with Crippen LogP contribution in [0, 0.1) is 23.7 Å². The van der Waals surface area contributed by atoms with E-state index in [9.17, 15) is 0 Å². The van der Waals surface area contributed by atoms with E-state index >= 15 is 0 Å². The van der Waals surface area contributed by atoms with Crippen molar-refractivity contribution in [2.75, 3.05) is 19.7 Å². The Morgan fingerprint density at radius 1 is 1.20 bits per heavy atom. The average molecular weight is 356 g/mol. The molecule has 3 heterocycles. The Morgan fingerprint density at radius 2 is 1.92 bits per heavy atom. The zero-order valence-electron chi connectivity index (χ0n) is 16.5. The first-order valence-electron chi connectivity index (χ1n) is 9.71. The van der Waals surface area contributed by atoms with Crippen molar-refractivity contribution in [2.24, 2.45) is 11.8 Å². The molecule has 3 aliphatic rings. The van der Waals surface area contributed by atoms with Gasteiger partial charge in [-0.1, -0.05) is 50.8 Å². The minimum Gasteiger partial charge on any atom is -0.415 e. The molecule has 0 saturated carbocycles. The van der Waals surface area contributed by atoms with E-state index in [1.807, 2.05) is 6.07 Å². The molecule has 0 spiro atoms. The highest BCUT2D eigenvalue weighted by atomic mass is 28.4. The van der Waals surface area contributed by atoms with Gasteiger partial charge in [0.25, 0.3) is 0 Å². The van der Waals surface area contributed by atoms with Gasteiger partial charge in [-0.15, -0.1) is 0 Å². The third-order valence-corrected chi connectivity index (χ3v) is 11.0. The number of fused-ring (bicyclic) bond motifs is 3. The van der Waals surface area contributed by atoms with E-state index < -0.39 is 8.32 Å². The summed E-state index contributed by atoms with van der Waals surface area (Å²) in [7, 11) is -1.65. The third-order valence-electron chi connectivity index (χ3n) is 6.50. The smallest absolute Gasteiger partial charge is 0.192 e. The van der Waals surface area contributed by atoms with Crippen molar-refractivity contribution < 1.29 is 4.43 Å². The number of nitrogens with zero attached hydrogens (tertiary/aromatic N) is 1. The summed E-state index contributed by atoms with van der Waals surface area (Å²) in [6, 6.07) is 11.0. The number of piperidine rings is 3. The molecule has 0 radical (unpaired) electrons. The molecule has 3 saturated heterocycles. The van der Waals surface area contributed by atoms with Gasteiger partial charge in [-0.3, -0.25) is 4.90 Å². The fraction of sp³-hybridized carbons (Fsp3) is 0.636. The van der Waals surface area contributed by atoms with E-state index in [1.54, 1.807) is 0 Å². The highest BCUT2D eigenvalue weighted by molar-refractivity contribution is 6.74. The SMILES string of the molecule is CC(C)(C)[Si](C)(C)OC[C@@H]1C[C@@H]2CCN1C[C@@H]2C#Cc1ccccc1. The molecule has 4 rings (SSSR count). The van der Waals surface area contributed by atoms with Crippen LogP contribution in [0.3, 0.4) is 0 Å². The van der Waals surface area contributed by atoms with Crippen LogP contribution < -0.4 is 0 Å². The molecular formula is C22H33NOSi. The predicted octanol–water partition coefficient (Wildman–Crippen LogP) is 4.77. The first-order valence-corrected chi connectivity index (χ1v) is 12.6. The summed E-state index contributed by atoms with van der Waals surface area (Å²) in [5.74, 6) is 8.22. The monoisotopic (exact) mass is 355 g/mol. The molecule has 2 nitrogen and oxygen atoms in total. The van der Waals surface area contributed by atoms with Crippen LogP contribution in [0.25, 0.3) is 0 Å². The zero-order valence-corrected chi connectivity index (χ0v) is 17.5. The van der Waals surface area contributed by atoms with E-state index in [2.05, 4.69) is 74.9 Å². The Hall–Kier alpha value is -1.08. The lowest BCUT2D eigenvalue weighted by molar-refractivity contribution is -0.00120. The van der Waals surface area contributed by atoms with Gasteiger partial charge in [0.2, 0.25) is 0 Å². The molecule has 1 aromatic carbocycles. The minimum absolute atomic E-state index is 0.291. The first kappa shape index (κ1) is 18.7. The van der Waals surface area contributed by atoms with Crippen molar-refractivity contribution >= 4 is 8.32 Å². The van der Waals surface area contributed by atoms with Crippen LogP contribution in [0.5, 0.6) is 0 Å². The van der Waals surface area contributed by atoms with E-state index in [0.29, 0.717) is 17.0 Å². The third kappa shape index (κ3) is 4.37. The topological polar surface area (TPSA) is 12.5 Å². The second-order valence-electron chi connectivity index (χ2n) is 9.25. The zero-order chi connectivity index (χ0) is 18.1. The lowest BCUT2D eigenvalue weighted by atomic mass is 9.76. The van der Waals surface area contributed by atoms with E-state index in [0.717, 1.165) is 24.6 Å². The van der Waals surface area contributed by atoms with Crippen LogP contribution in [-0.4, -0.2) is 39.0 Å². The summed E-state index contributed by atoms with van der Waals surface area (Å²) < 4.78 is 6.51. The second-order valence-corrected chi connectivity index (χ2v) is 14.1. The van der Waals surface area contributed by atoms with Crippen molar-refractivity contribution in [3.63, 3.8) is 0 Å². The predicted molar refractivity (Wildman–Crippen MR) is 108 cm³/mol. The van der Waals surface area contributed by atoms with Gasteiger partial charge in [0.05, 0.1) is 0 Å². The molecule has 136 valence electrons. The van der Waals surface area contributed by atoms with Crippen LogP contribution in [-0.2, 0) is 4.43 Å². The highest BCUT2D eigenvalue weighted by Crippen LogP contribution is 2.39. The molecule has 0 aliphatic carbocycles. The number of rotatable bonds is 3. The summed E-state index contributed by atoms with van der Waals surface area (Å²) >= 11 is 0.